The van der Waals surface area contributed by atoms with E-state index in [4.69, 9.17) is 23.2 Å². The Morgan fingerprint density at radius 2 is 1.58 bits per heavy atom. The summed E-state index contributed by atoms with van der Waals surface area (Å²) in [6.07, 6.45) is 0. The van der Waals surface area contributed by atoms with Gasteiger partial charge in [-0.2, -0.15) is 4.31 Å². The zero-order valence-electron chi connectivity index (χ0n) is 16.5. The topological polar surface area (TPSA) is 66.5 Å². The molecule has 0 aliphatic heterocycles. The van der Waals surface area contributed by atoms with Gasteiger partial charge in [0.05, 0.1) is 17.1 Å². The number of hydrogen-bond donors (Lipinski definition) is 1. The zero-order valence-corrected chi connectivity index (χ0v) is 18.8. The van der Waals surface area contributed by atoms with E-state index in [1.54, 1.807) is 36.4 Å². The third-order valence-electron chi connectivity index (χ3n) is 4.52. The van der Waals surface area contributed by atoms with Crippen LogP contribution in [0.2, 0.25) is 10.0 Å². The highest BCUT2D eigenvalue weighted by atomic mass is 35.5. The fourth-order valence-corrected chi connectivity index (χ4v) is 4.74. The van der Waals surface area contributed by atoms with Gasteiger partial charge in [0, 0.05) is 22.2 Å². The molecule has 0 atom stereocenters. The van der Waals surface area contributed by atoms with Crippen LogP contribution in [0.3, 0.4) is 0 Å². The molecule has 0 aromatic heterocycles. The lowest BCUT2D eigenvalue weighted by Gasteiger charge is -2.23. The minimum atomic E-state index is -4.09. The summed E-state index contributed by atoms with van der Waals surface area (Å²) in [5.41, 5.74) is 1.20. The first-order chi connectivity index (χ1) is 14.7. The van der Waals surface area contributed by atoms with Crippen molar-refractivity contribution in [3.63, 3.8) is 0 Å². The molecule has 0 spiro atoms. The number of carbonyl (C=O) groups excluding carboxylic acids is 1. The Labute approximate surface area is 190 Å². The summed E-state index contributed by atoms with van der Waals surface area (Å²) in [6.45, 7) is 1.03. The van der Waals surface area contributed by atoms with Gasteiger partial charge >= 0.3 is 0 Å². The molecule has 0 heterocycles. The zero-order chi connectivity index (χ0) is 22.6. The SMILES string of the molecule is Cc1ccc(S(=O)(=O)N(CC(=O)Nc2ccccc2F)Cc2c(Cl)cccc2Cl)cc1. The summed E-state index contributed by atoms with van der Waals surface area (Å²) in [5, 5.41) is 2.94. The number of benzene rings is 3. The molecule has 5 nitrogen and oxygen atoms in total. The lowest BCUT2D eigenvalue weighted by atomic mass is 10.2. The minimum absolute atomic E-state index is 0.0139. The highest BCUT2D eigenvalue weighted by Gasteiger charge is 2.28. The van der Waals surface area contributed by atoms with E-state index in [-0.39, 0.29) is 27.2 Å². The molecule has 9 heteroatoms. The molecule has 0 fully saturated rings. The van der Waals surface area contributed by atoms with Gasteiger partial charge in [0.2, 0.25) is 15.9 Å². The molecule has 1 amide bonds. The van der Waals surface area contributed by atoms with Crippen LogP contribution in [0.1, 0.15) is 11.1 Å². The third kappa shape index (κ3) is 5.62. The van der Waals surface area contributed by atoms with Crippen LogP contribution in [0, 0.1) is 12.7 Å². The van der Waals surface area contributed by atoms with Crippen LogP contribution in [-0.2, 0) is 21.4 Å². The van der Waals surface area contributed by atoms with Crippen LogP contribution in [0.15, 0.2) is 71.6 Å². The predicted octanol–water partition coefficient (Wildman–Crippen LogP) is 5.27. The Morgan fingerprint density at radius 3 is 2.19 bits per heavy atom. The number of amides is 1. The van der Waals surface area contributed by atoms with E-state index >= 15 is 0 Å². The van der Waals surface area contributed by atoms with Gasteiger partial charge < -0.3 is 5.32 Å². The second kappa shape index (κ2) is 9.78. The van der Waals surface area contributed by atoms with Crippen molar-refractivity contribution < 1.29 is 17.6 Å². The Hall–Kier alpha value is -2.45. The molecule has 31 heavy (non-hydrogen) atoms. The van der Waals surface area contributed by atoms with Crippen LogP contribution < -0.4 is 5.32 Å². The van der Waals surface area contributed by atoms with Crippen molar-refractivity contribution in [3.05, 3.63) is 93.7 Å². The Morgan fingerprint density at radius 1 is 0.968 bits per heavy atom. The number of rotatable bonds is 7. The number of carbonyl (C=O) groups is 1. The molecular formula is C22H19Cl2FN2O3S. The van der Waals surface area contributed by atoms with Crippen molar-refractivity contribution in [2.24, 2.45) is 0 Å². The first-order valence-electron chi connectivity index (χ1n) is 9.22. The average molecular weight is 481 g/mol. The van der Waals surface area contributed by atoms with Crippen LogP contribution in [-0.4, -0.2) is 25.2 Å². The standard InChI is InChI=1S/C22H19Cl2FN2O3S/c1-15-9-11-16(12-10-15)31(29,30)27(13-17-18(23)5-4-6-19(17)24)14-22(28)26-21-8-3-2-7-20(21)25/h2-12H,13-14H2,1H3,(H,26,28). The van der Waals surface area contributed by atoms with Crippen molar-refractivity contribution in [3.8, 4) is 0 Å². The van der Waals surface area contributed by atoms with Gasteiger partial charge in [0.25, 0.3) is 0 Å². The normalized spacial score (nSPS) is 11.5. The molecule has 1 N–H and O–H groups in total. The number of sulfonamides is 1. The third-order valence-corrected chi connectivity index (χ3v) is 7.04. The molecule has 0 radical (unpaired) electrons. The molecule has 0 saturated carbocycles. The second-order valence-electron chi connectivity index (χ2n) is 6.81. The summed E-state index contributed by atoms with van der Waals surface area (Å²) in [7, 11) is -4.09. The number of hydrogen-bond acceptors (Lipinski definition) is 3. The highest BCUT2D eigenvalue weighted by Crippen LogP contribution is 2.28. The number of nitrogens with one attached hydrogen (secondary N) is 1. The summed E-state index contributed by atoms with van der Waals surface area (Å²) >= 11 is 12.4. The Balaban J connectivity index is 1.94. The maximum Gasteiger partial charge on any atom is 0.243 e. The number of halogens is 3. The second-order valence-corrected chi connectivity index (χ2v) is 9.57. The van der Waals surface area contributed by atoms with E-state index in [9.17, 15) is 17.6 Å². The molecule has 0 unspecified atom stereocenters. The molecule has 3 aromatic rings. The van der Waals surface area contributed by atoms with Gasteiger partial charge in [0.1, 0.15) is 5.82 Å². The van der Waals surface area contributed by atoms with Crippen molar-refractivity contribution >= 4 is 44.8 Å². The van der Waals surface area contributed by atoms with Gasteiger partial charge in [-0.05, 0) is 43.3 Å². The van der Waals surface area contributed by atoms with Crippen LogP contribution >= 0.6 is 23.2 Å². The Bertz CT molecular complexity index is 1180. The van der Waals surface area contributed by atoms with Crippen LogP contribution in [0.4, 0.5) is 10.1 Å². The summed E-state index contributed by atoms with van der Waals surface area (Å²) in [6, 6.07) is 16.7. The molecule has 3 aromatic carbocycles. The minimum Gasteiger partial charge on any atom is -0.322 e. The molecular weight excluding hydrogens is 462 g/mol. The van der Waals surface area contributed by atoms with Crippen molar-refractivity contribution in [2.75, 3.05) is 11.9 Å². The maximum absolute atomic E-state index is 13.9. The van der Waals surface area contributed by atoms with Gasteiger partial charge in [-0.1, -0.05) is 59.1 Å². The predicted molar refractivity (Wildman–Crippen MR) is 120 cm³/mol. The van der Waals surface area contributed by atoms with E-state index in [0.717, 1.165) is 9.87 Å². The Kier molecular flexibility index (Phi) is 7.33. The number of para-hydroxylation sites is 1. The van der Waals surface area contributed by atoms with E-state index in [0.29, 0.717) is 5.56 Å². The molecule has 0 saturated heterocycles. The monoisotopic (exact) mass is 480 g/mol. The number of anilines is 1. The quantitative estimate of drug-likeness (QED) is 0.500. The maximum atomic E-state index is 13.9. The van der Waals surface area contributed by atoms with E-state index < -0.39 is 28.3 Å². The number of nitrogens with zero attached hydrogens (tertiary/aromatic N) is 1. The molecule has 0 aliphatic rings. The van der Waals surface area contributed by atoms with Crippen molar-refractivity contribution in [2.45, 2.75) is 18.4 Å². The smallest absolute Gasteiger partial charge is 0.243 e. The summed E-state index contributed by atoms with van der Waals surface area (Å²) in [5.74, 6) is -1.33. The molecule has 162 valence electrons. The lowest BCUT2D eigenvalue weighted by Crippen LogP contribution is -2.37. The highest BCUT2D eigenvalue weighted by molar-refractivity contribution is 7.89. The molecule has 3 rings (SSSR count). The first kappa shape index (κ1) is 23.2. The van der Waals surface area contributed by atoms with Crippen LogP contribution in [0.25, 0.3) is 0 Å². The molecule has 0 bridgehead atoms. The van der Waals surface area contributed by atoms with Gasteiger partial charge in [-0.25, -0.2) is 12.8 Å². The average Bonchev–Trinajstić information content (AvgIpc) is 2.72. The first-order valence-corrected chi connectivity index (χ1v) is 11.4. The fourth-order valence-electron chi connectivity index (χ4n) is 2.86. The number of aryl methyl sites for hydroxylation is 1. The fraction of sp³-hybridized carbons (Fsp3) is 0.136. The van der Waals surface area contributed by atoms with E-state index in [2.05, 4.69) is 5.32 Å². The van der Waals surface area contributed by atoms with Gasteiger partial charge in [-0.15, -0.1) is 0 Å². The van der Waals surface area contributed by atoms with Crippen molar-refractivity contribution in [1.82, 2.24) is 4.31 Å². The van der Waals surface area contributed by atoms with Crippen LogP contribution in [0.5, 0.6) is 0 Å². The largest absolute Gasteiger partial charge is 0.322 e. The lowest BCUT2D eigenvalue weighted by molar-refractivity contribution is -0.116. The summed E-state index contributed by atoms with van der Waals surface area (Å²) in [4.78, 5) is 12.6. The van der Waals surface area contributed by atoms with Gasteiger partial charge in [-0.3, -0.25) is 4.79 Å². The molecule has 0 aliphatic carbocycles. The van der Waals surface area contributed by atoms with E-state index in [1.807, 2.05) is 6.92 Å². The summed E-state index contributed by atoms with van der Waals surface area (Å²) < 4.78 is 41.5. The van der Waals surface area contributed by atoms with Gasteiger partial charge in [0.15, 0.2) is 0 Å². The van der Waals surface area contributed by atoms with Crippen molar-refractivity contribution in [1.29, 1.82) is 0 Å². The van der Waals surface area contributed by atoms with E-state index in [1.165, 1.54) is 30.3 Å².